The number of carbonyl (C=O) groups is 2. The fraction of sp³-hybridized carbons (Fsp3) is 0.400. The molecule has 1 aromatic carbocycles. The number of thiazole rings is 1. The summed E-state index contributed by atoms with van der Waals surface area (Å²) in [7, 11) is 0. The van der Waals surface area contributed by atoms with Gasteiger partial charge < -0.3 is 26.0 Å². The molecule has 2 aromatic rings. The molecule has 2 amide bonds. The number of nitrogens with zero attached hydrogens (tertiary/aromatic N) is 2. The molecule has 1 saturated heterocycles. The van der Waals surface area contributed by atoms with Gasteiger partial charge in [-0.25, -0.2) is 4.98 Å². The number of morpholine rings is 1. The molecule has 0 radical (unpaired) electrons. The zero-order valence-corrected chi connectivity index (χ0v) is 13.9. The van der Waals surface area contributed by atoms with Crippen LogP contribution in [0.25, 0.3) is 10.2 Å². The van der Waals surface area contributed by atoms with Crippen molar-refractivity contribution in [2.75, 3.05) is 49.6 Å². The Balaban J connectivity index is 1.67. The molecule has 9 heteroatoms. The van der Waals surface area contributed by atoms with Crippen molar-refractivity contribution in [1.82, 2.24) is 10.3 Å². The molecule has 0 spiro atoms. The second-order valence-electron chi connectivity index (χ2n) is 5.31. The number of nitrogens with two attached hydrogens (primary N) is 1. The third-order valence-corrected chi connectivity index (χ3v) is 4.65. The van der Waals surface area contributed by atoms with Crippen molar-refractivity contribution < 1.29 is 14.3 Å². The van der Waals surface area contributed by atoms with E-state index >= 15 is 0 Å². The van der Waals surface area contributed by atoms with Crippen LogP contribution in [0.2, 0.25) is 0 Å². The van der Waals surface area contributed by atoms with E-state index in [1.54, 1.807) is 17.4 Å². The number of fused-ring (bicyclic) bond motifs is 1. The lowest BCUT2D eigenvalue weighted by molar-refractivity contribution is -0.123. The average Bonchev–Trinajstić information content (AvgIpc) is 3.03. The summed E-state index contributed by atoms with van der Waals surface area (Å²) in [5, 5.41) is 6.15. The van der Waals surface area contributed by atoms with Gasteiger partial charge in [0.2, 0.25) is 11.8 Å². The molecule has 3 rings (SSSR count). The van der Waals surface area contributed by atoms with Crippen LogP contribution in [0, 0.1) is 0 Å². The predicted molar refractivity (Wildman–Crippen MR) is 93.3 cm³/mol. The smallest absolute Gasteiger partial charge is 0.243 e. The van der Waals surface area contributed by atoms with Gasteiger partial charge in [0, 0.05) is 18.8 Å². The molecule has 1 aliphatic heterocycles. The summed E-state index contributed by atoms with van der Waals surface area (Å²) in [6, 6.07) is 5.57. The maximum atomic E-state index is 11.8. The van der Waals surface area contributed by atoms with Crippen LogP contribution in [0.5, 0.6) is 0 Å². The standard InChI is InChI=1S/C15H19N5O3S/c16-8-13(21)17-9-14(22)18-10-1-2-11-12(7-10)24-15(19-11)20-3-5-23-6-4-20/h1-2,7H,3-6,8-9,16H2,(H,17,21)(H,18,22). The lowest BCUT2D eigenvalue weighted by atomic mass is 10.3. The van der Waals surface area contributed by atoms with Crippen molar-refractivity contribution in [2.45, 2.75) is 0 Å². The highest BCUT2D eigenvalue weighted by atomic mass is 32.1. The molecule has 0 atom stereocenters. The number of rotatable bonds is 5. The number of nitrogens with one attached hydrogen (secondary N) is 2. The van der Waals surface area contributed by atoms with Gasteiger partial charge in [-0.2, -0.15) is 0 Å². The minimum Gasteiger partial charge on any atom is -0.378 e. The van der Waals surface area contributed by atoms with E-state index in [0.29, 0.717) is 18.9 Å². The topological polar surface area (TPSA) is 110 Å². The lowest BCUT2D eigenvalue weighted by Gasteiger charge is -2.25. The number of carbonyl (C=O) groups excluding carboxylic acids is 2. The third-order valence-electron chi connectivity index (χ3n) is 3.57. The highest BCUT2D eigenvalue weighted by molar-refractivity contribution is 7.22. The largest absolute Gasteiger partial charge is 0.378 e. The minimum atomic E-state index is -0.363. The minimum absolute atomic E-state index is 0.101. The molecule has 4 N–H and O–H groups in total. The molecule has 1 fully saturated rings. The molecular formula is C15H19N5O3S. The van der Waals surface area contributed by atoms with Crippen LogP contribution in [0.4, 0.5) is 10.8 Å². The van der Waals surface area contributed by atoms with E-state index in [9.17, 15) is 9.59 Å². The Hall–Kier alpha value is -2.23. The van der Waals surface area contributed by atoms with E-state index in [0.717, 1.165) is 28.4 Å². The van der Waals surface area contributed by atoms with Gasteiger partial charge in [0.25, 0.3) is 0 Å². The van der Waals surface area contributed by atoms with Gasteiger partial charge in [-0.05, 0) is 18.2 Å². The molecular weight excluding hydrogens is 330 g/mol. The maximum absolute atomic E-state index is 11.8. The summed E-state index contributed by atoms with van der Waals surface area (Å²) in [5.41, 5.74) is 6.75. The van der Waals surface area contributed by atoms with Gasteiger partial charge in [0.15, 0.2) is 5.13 Å². The van der Waals surface area contributed by atoms with E-state index in [1.165, 1.54) is 0 Å². The third kappa shape index (κ3) is 3.99. The molecule has 128 valence electrons. The quantitative estimate of drug-likeness (QED) is 0.709. The lowest BCUT2D eigenvalue weighted by Crippen LogP contribution is -2.36. The molecule has 0 saturated carbocycles. The maximum Gasteiger partial charge on any atom is 0.243 e. The van der Waals surface area contributed by atoms with Crippen molar-refractivity contribution in [1.29, 1.82) is 0 Å². The van der Waals surface area contributed by atoms with Crippen LogP contribution in [-0.2, 0) is 14.3 Å². The first-order valence-corrected chi connectivity index (χ1v) is 8.47. The number of hydrogen-bond acceptors (Lipinski definition) is 7. The number of aromatic nitrogens is 1. The van der Waals surface area contributed by atoms with Crippen molar-refractivity contribution in [2.24, 2.45) is 5.73 Å². The van der Waals surface area contributed by atoms with E-state index in [2.05, 4.69) is 20.5 Å². The zero-order valence-electron chi connectivity index (χ0n) is 13.1. The van der Waals surface area contributed by atoms with Gasteiger partial charge in [0.05, 0.1) is 36.5 Å². The molecule has 0 aliphatic carbocycles. The van der Waals surface area contributed by atoms with Gasteiger partial charge in [-0.3, -0.25) is 9.59 Å². The Morgan fingerprint density at radius 2 is 2.08 bits per heavy atom. The monoisotopic (exact) mass is 349 g/mol. The van der Waals surface area contributed by atoms with Crippen molar-refractivity contribution >= 4 is 44.2 Å². The van der Waals surface area contributed by atoms with E-state index in [1.807, 2.05) is 12.1 Å². The summed E-state index contributed by atoms with van der Waals surface area (Å²) < 4.78 is 6.36. The molecule has 1 aliphatic rings. The summed E-state index contributed by atoms with van der Waals surface area (Å²) in [4.78, 5) is 29.7. The van der Waals surface area contributed by atoms with Crippen LogP contribution >= 0.6 is 11.3 Å². The molecule has 2 heterocycles. The van der Waals surface area contributed by atoms with E-state index in [4.69, 9.17) is 10.5 Å². The van der Waals surface area contributed by atoms with Crippen LogP contribution in [0.1, 0.15) is 0 Å². The van der Waals surface area contributed by atoms with Crippen LogP contribution in [0.15, 0.2) is 18.2 Å². The molecule has 1 aromatic heterocycles. The first kappa shape index (κ1) is 16.6. The second-order valence-corrected chi connectivity index (χ2v) is 6.32. The van der Waals surface area contributed by atoms with Crippen LogP contribution < -0.4 is 21.3 Å². The SMILES string of the molecule is NCC(=O)NCC(=O)Nc1ccc2nc(N3CCOCC3)sc2c1. The molecule has 0 bridgehead atoms. The number of ether oxygens (including phenoxy) is 1. The Kier molecular flexibility index (Phi) is 5.24. The Morgan fingerprint density at radius 1 is 1.29 bits per heavy atom. The van der Waals surface area contributed by atoms with E-state index in [-0.39, 0.29) is 24.9 Å². The average molecular weight is 349 g/mol. The molecule has 24 heavy (non-hydrogen) atoms. The normalized spacial score (nSPS) is 14.6. The first-order valence-electron chi connectivity index (χ1n) is 7.65. The summed E-state index contributed by atoms with van der Waals surface area (Å²) in [6.45, 7) is 2.87. The van der Waals surface area contributed by atoms with Crippen molar-refractivity contribution in [3.8, 4) is 0 Å². The predicted octanol–water partition coefficient (Wildman–Crippen LogP) is 0.146. The van der Waals surface area contributed by atoms with E-state index < -0.39 is 0 Å². The number of anilines is 2. The zero-order chi connectivity index (χ0) is 16.9. The Bertz CT molecular complexity index is 742. The first-order chi connectivity index (χ1) is 11.7. The van der Waals surface area contributed by atoms with Crippen molar-refractivity contribution in [3.63, 3.8) is 0 Å². The Labute approximate surface area is 143 Å². The molecule has 8 nitrogen and oxygen atoms in total. The highest BCUT2D eigenvalue weighted by Gasteiger charge is 2.15. The fourth-order valence-electron chi connectivity index (χ4n) is 2.34. The van der Waals surface area contributed by atoms with Crippen molar-refractivity contribution in [3.05, 3.63) is 18.2 Å². The summed E-state index contributed by atoms with van der Waals surface area (Å²) >= 11 is 1.59. The highest BCUT2D eigenvalue weighted by Crippen LogP contribution is 2.31. The number of benzene rings is 1. The van der Waals surface area contributed by atoms with Crippen LogP contribution in [-0.4, -0.2) is 56.2 Å². The molecule has 0 unspecified atom stereocenters. The van der Waals surface area contributed by atoms with Crippen LogP contribution in [0.3, 0.4) is 0 Å². The number of hydrogen-bond donors (Lipinski definition) is 3. The number of amides is 2. The van der Waals surface area contributed by atoms with Gasteiger partial charge in [-0.1, -0.05) is 11.3 Å². The summed E-state index contributed by atoms with van der Waals surface area (Å²) in [5.74, 6) is -0.660. The second kappa shape index (κ2) is 7.56. The fourth-order valence-corrected chi connectivity index (χ4v) is 3.39. The van der Waals surface area contributed by atoms with Gasteiger partial charge >= 0.3 is 0 Å². The van der Waals surface area contributed by atoms with Gasteiger partial charge in [-0.15, -0.1) is 0 Å². The summed E-state index contributed by atoms with van der Waals surface area (Å²) in [6.07, 6.45) is 0. The Morgan fingerprint density at radius 3 is 2.83 bits per heavy atom. The van der Waals surface area contributed by atoms with Gasteiger partial charge in [0.1, 0.15) is 0 Å².